The summed E-state index contributed by atoms with van der Waals surface area (Å²) in [5.41, 5.74) is 1.63. The van der Waals surface area contributed by atoms with Gasteiger partial charge >= 0.3 is 0 Å². The lowest BCUT2D eigenvalue weighted by atomic mass is 10.1. The molecule has 1 heterocycles. The first-order valence-electron chi connectivity index (χ1n) is 7.84. The monoisotopic (exact) mass is 333 g/mol. The van der Waals surface area contributed by atoms with Gasteiger partial charge in [0.1, 0.15) is 11.9 Å². The Balaban J connectivity index is 1.94. The largest absolute Gasteiger partial charge is 0.496 e. The van der Waals surface area contributed by atoms with Crippen LogP contribution in [0.3, 0.4) is 0 Å². The molecule has 0 spiro atoms. The van der Waals surface area contributed by atoms with Crippen LogP contribution < -0.4 is 10.1 Å². The Morgan fingerprint density at radius 2 is 2.12 bits per heavy atom. The van der Waals surface area contributed by atoms with E-state index in [-0.39, 0.29) is 5.91 Å². The average molecular weight is 333 g/mol. The van der Waals surface area contributed by atoms with Crippen LogP contribution in [-0.4, -0.2) is 49.1 Å². The van der Waals surface area contributed by atoms with Crippen molar-refractivity contribution in [1.29, 1.82) is 0 Å². The summed E-state index contributed by atoms with van der Waals surface area (Å²) < 4.78 is 15.9. The molecule has 0 aliphatic heterocycles. The van der Waals surface area contributed by atoms with E-state index in [0.29, 0.717) is 25.6 Å². The number of aromatic nitrogens is 2. The summed E-state index contributed by atoms with van der Waals surface area (Å²) in [4.78, 5) is 12.1. The molecule has 2 rings (SSSR count). The Morgan fingerprint density at radius 1 is 1.33 bits per heavy atom. The summed E-state index contributed by atoms with van der Waals surface area (Å²) in [5, 5.41) is 9.73. The van der Waals surface area contributed by atoms with Crippen LogP contribution in [0.25, 0.3) is 11.3 Å². The first-order valence-corrected chi connectivity index (χ1v) is 7.84. The van der Waals surface area contributed by atoms with Crippen molar-refractivity contribution in [1.82, 2.24) is 10.2 Å². The highest BCUT2D eigenvalue weighted by Gasteiger charge is 2.16. The summed E-state index contributed by atoms with van der Waals surface area (Å²) in [5.74, 6) is 0.900. The van der Waals surface area contributed by atoms with Gasteiger partial charge in [0.25, 0.3) is 5.91 Å². The molecule has 2 N–H and O–H groups in total. The zero-order chi connectivity index (χ0) is 17.4. The number of hydrogen-bond donors (Lipinski definition) is 2. The number of hydrogen-bond acceptors (Lipinski definition) is 5. The predicted octanol–water partition coefficient (Wildman–Crippen LogP) is 2.47. The van der Waals surface area contributed by atoms with Gasteiger partial charge in [-0.2, -0.15) is 5.10 Å². The molecule has 1 aromatic carbocycles. The standard InChI is InChI=1S/C17H23N3O4/c1-4-23-9-10-24-12(2)17(21)18-16-11-14(19-20-16)13-7-5-6-8-15(13)22-3/h5-8,11-12H,4,9-10H2,1-3H3,(H2,18,19,20,21). The quantitative estimate of drug-likeness (QED) is 0.689. The van der Waals surface area contributed by atoms with Gasteiger partial charge < -0.3 is 19.5 Å². The number of methoxy groups -OCH3 is 1. The van der Waals surface area contributed by atoms with Crippen molar-refractivity contribution >= 4 is 11.7 Å². The van der Waals surface area contributed by atoms with Crippen molar-refractivity contribution in [2.24, 2.45) is 0 Å². The van der Waals surface area contributed by atoms with E-state index in [9.17, 15) is 4.79 Å². The van der Waals surface area contributed by atoms with Gasteiger partial charge in [-0.15, -0.1) is 0 Å². The van der Waals surface area contributed by atoms with Gasteiger partial charge in [0, 0.05) is 18.2 Å². The summed E-state index contributed by atoms with van der Waals surface area (Å²) in [6.45, 7) is 5.06. The van der Waals surface area contributed by atoms with E-state index in [1.807, 2.05) is 31.2 Å². The lowest BCUT2D eigenvalue weighted by Crippen LogP contribution is -2.29. The number of ether oxygens (including phenoxy) is 3. The molecule has 7 heteroatoms. The molecule has 130 valence electrons. The number of benzene rings is 1. The zero-order valence-corrected chi connectivity index (χ0v) is 14.2. The minimum atomic E-state index is -0.586. The molecule has 0 saturated heterocycles. The predicted molar refractivity (Wildman–Crippen MR) is 91.1 cm³/mol. The van der Waals surface area contributed by atoms with Crippen molar-refractivity contribution in [2.75, 3.05) is 32.2 Å². The number of rotatable bonds is 9. The second kappa shape index (κ2) is 9.05. The molecule has 0 radical (unpaired) electrons. The van der Waals surface area contributed by atoms with Crippen LogP contribution in [0.5, 0.6) is 5.75 Å². The Labute approximate surface area is 141 Å². The van der Waals surface area contributed by atoms with Crippen LogP contribution >= 0.6 is 0 Å². The third-order valence-electron chi connectivity index (χ3n) is 3.40. The first-order chi connectivity index (χ1) is 11.7. The van der Waals surface area contributed by atoms with Crippen molar-refractivity contribution in [2.45, 2.75) is 20.0 Å². The Kier molecular flexibility index (Phi) is 6.77. The summed E-state index contributed by atoms with van der Waals surface area (Å²) >= 11 is 0. The van der Waals surface area contributed by atoms with Gasteiger partial charge in [0.15, 0.2) is 5.82 Å². The summed E-state index contributed by atoms with van der Waals surface area (Å²) in [6, 6.07) is 9.33. The van der Waals surface area contributed by atoms with Gasteiger partial charge in [-0.25, -0.2) is 0 Å². The Bertz CT molecular complexity index is 657. The van der Waals surface area contributed by atoms with E-state index in [4.69, 9.17) is 14.2 Å². The fraction of sp³-hybridized carbons (Fsp3) is 0.412. The molecule has 0 aliphatic carbocycles. The molecule has 2 aromatic rings. The number of amides is 1. The van der Waals surface area contributed by atoms with Crippen LogP contribution in [0.1, 0.15) is 13.8 Å². The molecule has 7 nitrogen and oxygen atoms in total. The lowest BCUT2D eigenvalue weighted by molar-refractivity contribution is -0.127. The molecule has 0 saturated carbocycles. The van der Waals surface area contributed by atoms with Gasteiger partial charge in [0.05, 0.1) is 26.0 Å². The second-order valence-electron chi connectivity index (χ2n) is 5.07. The molecular weight excluding hydrogens is 310 g/mol. The molecule has 1 amide bonds. The van der Waals surface area contributed by atoms with E-state index in [0.717, 1.165) is 17.0 Å². The van der Waals surface area contributed by atoms with Crippen LogP contribution in [0.15, 0.2) is 30.3 Å². The number of carbonyl (C=O) groups is 1. The fourth-order valence-electron chi connectivity index (χ4n) is 2.12. The first kappa shape index (κ1) is 18.0. The van der Waals surface area contributed by atoms with Gasteiger partial charge in [-0.1, -0.05) is 12.1 Å². The number of anilines is 1. The molecule has 24 heavy (non-hydrogen) atoms. The van der Waals surface area contributed by atoms with Gasteiger partial charge in [-0.3, -0.25) is 9.89 Å². The van der Waals surface area contributed by atoms with E-state index in [1.165, 1.54) is 0 Å². The lowest BCUT2D eigenvalue weighted by Gasteiger charge is -2.12. The van der Waals surface area contributed by atoms with E-state index in [1.54, 1.807) is 20.1 Å². The van der Waals surface area contributed by atoms with E-state index < -0.39 is 6.10 Å². The van der Waals surface area contributed by atoms with Crippen LogP contribution in [0, 0.1) is 0 Å². The molecule has 1 unspecified atom stereocenters. The second-order valence-corrected chi connectivity index (χ2v) is 5.07. The van der Waals surface area contributed by atoms with Crippen molar-refractivity contribution in [3.8, 4) is 17.0 Å². The van der Waals surface area contributed by atoms with Gasteiger partial charge in [-0.05, 0) is 26.0 Å². The maximum Gasteiger partial charge on any atom is 0.254 e. The maximum atomic E-state index is 12.1. The summed E-state index contributed by atoms with van der Waals surface area (Å²) in [7, 11) is 1.61. The highest BCUT2D eigenvalue weighted by atomic mass is 16.5. The van der Waals surface area contributed by atoms with Crippen LogP contribution in [-0.2, 0) is 14.3 Å². The third-order valence-corrected chi connectivity index (χ3v) is 3.40. The molecule has 1 atom stereocenters. The minimum absolute atomic E-state index is 0.260. The zero-order valence-electron chi connectivity index (χ0n) is 14.2. The fourth-order valence-corrected chi connectivity index (χ4v) is 2.12. The van der Waals surface area contributed by atoms with Crippen LogP contribution in [0.4, 0.5) is 5.82 Å². The average Bonchev–Trinajstić information content (AvgIpc) is 3.06. The number of nitrogens with zero attached hydrogens (tertiary/aromatic N) is 1. The topological polar surface area (TPSA) is 85.5 Å². The molecule has 0 bridgehead atoms. The number of nitrogens with one attached hydrogen (secondary N) is 2. The van der Waals surface area contributed by atoms with Crippen molar-refractivity contribution in [3.63, 3.8) is 0 Å². The number of para-hydroxylation sites is 1. The number of H-pyrrole nitrogens is 1. The molecule has 0 fully saturated rings. The van der Waals surface area contributed by atoms with Gasteiger partial charge in [0.2, 0.25) is 0 Å². The number of carbonyl (C=O) groups excluding carboxylic acids is 1. The summed E-state index contributed by atoms with van der Waals surface area (Å²) in [6.07, 6.45) is -0.586. The van der Waals surface area contributed by atoms with E-state index >= 15 is 0 Å². The number of aromatic amines is 1. The van der Waals surface area contributed by atoms with Crippen LogP contribution in [0.2, 0.25) is 0 Å². The normalized spacial score (nSPS) is 12.0. The minimum Gasteiger partial charge on any atom is -0.496 e. The molecule has 0 aliphatic rings. The maximum absolute atomic E-state index is 12.1. The SMILES string of the molecule is CCOCCOC(C)C(=O)Nc1cc(-c2ccccc2OC)[nH]n1. The highest BCUT2D eigenvalue weighted by molar-refractivity contribution is 5.93. The molecular formula is C17H23N3O4. The van der Waals surface area contributed by atoms with Crippen molar-refractivity contribution in [3.05, 3.63) is 30.3 Å². The van der Waals surface area contributed by atoms with E-state index in [2.05, 4.69) is 15.5 Å². The smallest absolute Gasteiger partial charge is 0.254 e. The molecule has 1 aromatic heterocycles. The third kappa shape index (κ3) is 4.81. The highest BCUT2D eigenvalue weighted by Crippen LogP contribution is 2.29. The Hall–Kier alpha value is -2.38. The Morgan fingerprint density at radius 3 is 2.88 bits per heavy atom. The van der Waals surface area contributed by atoms with Crippen molar-refractivity contribution < 1.29 is 19.0 Å².